The Labute approximate surface area is 212 Å². The highest BCUT2D eigenvalue weighted by Gasteiger charge is 2.30. The molecule has 0 aliphatic rings. The van der Waals surface area contributed by atoms with Gasteiger partial charge in [-0.1, -0.05) is 24.3 Å². The van der Waals surface area contributed by atoms with Gasteiger partial charge in [0.15, 0.2) is 5.60 Å². The molecule has 9 heteroatoms. The maximum Gasteiger partial charge on any atom is 0.347 e. The van der Waals surface area contributed by atoms with Gasteiger partial charge < -0.3 is 15.2 Å². The molecule has 0 radical (unpaired) electrons. The standard InChI is InChI=1S/C27H35N5O4/c1-17-9-8-10-22(11-17)32-29-20(4)23(30-32)15-31(16-24(33)28-7)14-21-12-18(2)25(19(3)13-21)36-27(5,6)26(34)35/h8-13H,14-16H2,1-7H3,(H,28,33)(H,34,35). The maximum atomic E-state index is 12.3. The van der Waals surface area contributed by atoms with Gasteiger partial charge in [-0.2, -0.15) is 15.0 Å². The van der Waals surface area contributed by atoms with E-state index in [1.807, 2.05) is 69.0 Å². The number of aliphatic carboxylic acids is 1. The first-order valence-corrected chi connectivity index (χ1v) is 11.8. The van der Waals surface area contributed by atoms with Gasteiger partial charge in [0.05, 0.1) is 17.9 Å². The zero-order valence-corrected chi connectivity index (χ0v) is 22.0. The third-order valence-corrected chi connectivity index (χ3v) is 5.93. The van der Waals surface area contributed by atoms with Gasteiger partial charge in [-0.25, -0.2) is 4.79 Å². The minimum atomic E-state index is -1.34. The van der Waals surface area contributed by atoms with Crippen molar-refractivity contribution < 1.29 is 19.4 Å². The number of hydrogen-bond acceptors (Lipinski definition) is 6. The summed E-state index contributed by atoms with van der Waals surface area (Å²) < 4.78 is 5.83. The van der Waals surface area contributed by atoms with E-state index in [4.69, 9.17) is 9.84 Å². The predicted molar refractivity (Wildman–Crippen MR) is 137 cm³/mol. The summed E-state index contributed by atoms with van der Waals surface area (Å²) in [6, 6.07) is 11.9. The van der Waals surface area contributed by atoms with E-state index in [9.17, 15) is 14.7 Å². The van der Waals surface area contributed by atoms with Crippen molar-refractivity contribution in [2.45, 2.75) is 60.2 Å². The fraction of sp³-hybridized carbons (Fsp3) is 0.407. The lowest BCUT2D eigenvalue weighted by Crippen LogP contribution is -2.38. The summed E-state index contributed by atoms with van der Waals surface area (Å²) >= 11 is 0. The number of nitrogens with one attached hydrogen (secondary N) is 1. The van der Waals surface area contributed by atoms with Crippen LogP contribution in [0.4, 0.5) is 0 Å². The number of carboxylic acids is 1. The van der Waals surface area contributed by atoms with Crippen LogP contribution >= 0.6 is 0 Å². The van der Waals surface area contributed by atoms with E-state index < -0.39 is 11.6 Å². The number of carboxylic acid groups (broad SMARTS) is 1. The van der Waals surface area contributed by atoms with Crippen LogP contribution in [0.2, 0.25) is 0 Å². The molecule has 3 rings (SSSR count). The van der Waals surface area contributed by atoms with Crippen molar-refractivity contribution in [1.29, 1.82) is 0 Å². The van der Waals surface area contributed by atoms with Gasteiger partial charge in [0.25, 0.3) is 0 Å². The number of nitrogens with zero attached hydrogens (tertiary/aromatic N) is 4. The van der Waals surface area contributed by atoms with Gasteiger partial charge in [-0.15, -0.1) is 0 Å². The molecule has 0 saturated heterocycles. The molecule has 0 aliphatic carbocycles. The Hall–Kier alpha value is -3.72. The summed E-state index contributed by atoms with van der Waals surface area (Å²) in [5, 5.41) is 21.4. The van der Waals surface area contributed by atoms with Crippen molar-refractivity contribution in [2.75, 3.05) is 13.6 Å². The first-order chi connectivity index (χ1) is 16.9. The molecule has 0 fully saturated rings. The lowest BCUT2D eigenvalue weighted by atomic mass is 10.0. The zero-order valence-electron chi connectivity index (χ0n) is 22.0. The van der Waals surface area contributed by atoms with E-state index in [1.165, 1.54) is 13.8 Å². The Morgan fingerprint density at radius 1 is 1.06 bits per heavy atom. The first kappa shape index (κ1) is 26.9. The molecule has 192 valence electrons. The topological polar surface area (TPSA) is 110 Å². The van der Waals surface area contributed by atoms with E-state index in [-0.39, 0.29) is 12.5 Å². The highest BCUT2D eigenvalue weighted by atomic mass is 16.5. The average Bonchev–Trinajstić information content (AvgIpc) is 3.16. The number of ether oxygens (including phenoxy) is 1. The molecule has 0 spiro atoms. The number of aryl methyl sites for hydroxylation is 4. The van der Waals surface area contributed by atoms with Gasteiger partial charge in [0.2, 0.25) is 5.91 Å². The van der Waals surface area contributed by atoms with Crippen molar-refractivity contribution in [3.63, 3.8) is 0 Å². The molecule has 3 aromatic rings. The van der Waals surface area contributed by atoms with Crippen LogP contribution < -0.4 is 10.1 Å². The second kappa shape index (κ2) is 10.9. The van der Waals surface area contributed by atoms with Crippen LogP contribution in [0.5, 0.6) is 5.75 Å². The van der Waals surface area contributed by atoms with E-state index in [0.717, 1.165) is 39.3 Å². The molecule has 2 aromatic carbocycles. The molecular weight excluding hydrogens is 458 g/mol. The molecule has 1 amide bonds. The molecule has 2 N–H and O–H groups in total. The van der Waals surface area contributed by atoms with Gasteiger partial charge in [-0.3, -0.25) is 9.69 Å². The van der Waals surface area contributed by atoms with Gasteiger partial charge in [0, 0.05) is 20.1 Å². The minimum absolute atomic E-state index is 0.102. The highest BCUT2D eigenvalue weighted by molar-refractivity contribution is 5.77. The molecular formula is C27H35N5O4. The van der Waals surface area contributed by atoms with Gasteiger partial charge >= 0.3 is 5.97 Å². The Bertz CT molecular complexity index is 1240. The van der Waals surface area contributed by atoms with E-state index in [2.05, 4.69) is 10.4 Å². The molecule has 1 aromatic heterocycles. The molecule has 0 aliphatic heterocycles. The van der Waals surface area contributed by atoms with E-state index >= 15 is 0 Å². The summed E-state index contributed by atoms with van der Waals surface area (Å²) in [6.45, 7) is 11.9. The fourth-order valence-electron chi connectivity index (χ4n) is 3.93. The predicted octanol–water partition coefficient (Wildman–Crippen LogP) is 3.49. The molecule has 36 heavy (non-hydrogen) atoms. The van der Waals surface area contributed by atoms with Crippen LogP contribution in [0, 0.1) is 27.7 Å². The Morgan fingerprint density at radius 2 is 1.72 bits per heavy atom. The number of carbonyl (C=O) groups is 2. The monoisotopic (exact) mass is 493 g/mol. The second-order valence-corrected chi connectivity index (χ2v) is 9.66. The molecule has 1 heterocycles. The average molecular weight is 494 g/mol. The summed E-state index contributed by atoms with van der Waals surface area (Å²) in [5.74, 6) is -0.576. The number of carbonyl (C=O) groups excluding carboxylic acids is 1. The summed E-state index contributed by atoms with van der Waals surface area (Å²) in [6.07, 6.45) is 0. The fourth-order valence-corrected chi connectivity index (χ4v) is 3.93. The highest BCUT2D eigenvalue weighted by Crippen LogP contribution is 2.29. The number of aromatic nitrogens is 3. The van der Waals surface area contributed by atoms with Crippen molar-refractivity contribution in [3.8, 4) is 11.4 Å². The molecule has 0 bridgehead atoms. The van der Waals surface area contributed by atoms with E-state index in [0.29, 0.717) is 18.8 Å². The van der Waals surface area contributed by atoms with Crippen LogP contribution in [0.25, 0.3) is 5.69 Å². The second-order valence-electron chi connectivity index (χ2n) is 9.66. The number of rotatable bonds is 10. The Balaban J connectivity index is 1.86. The zero-order chi connectivity index (χ0) is 26.6. The minimum Gasteiger partial charge on any atom is -0.478 e. The van der Waals surface area contributed by atoms with Crippen LogP contribution in [0.3, 0.4) is 0 Å². The van der Waals surface area contributed by atoms with E-state index in [1.54, 1.807) is 11.8 Å². The number of likely N-dealkylation sites (N-methyl/N-ethyl adjacent to an activating group) is 1. The smallest absolute Gasteiger partial charge is 0.347 e. The van der Waals surface area contributed by atoms with Crippen LogP contribution in [-0.4, -0.2) is 56.1 Å². The summed E-state index contributed by atoms with van der Waals surface area (Å²) in [7, 11) is 1.62. The Kier molecular flexibility index (Phi) is 8.14. The van der Waals surface area contributed by atoms with Gasteiger partial charge in [-0.05, 0) is 75.9 Å². The summed E-state index contributed by atoms with van der Waals surface area (Å²) in [5.41, 5.74) is 4.90. The molecule has 9 nitrogen and oxygen atoms in total. The SMILES string of the molecule is CNC(=O)CN(Cc1cc(C)c(OC(C)(C)C(=O)O)c(C)c1)Cc1nn(-c2cccc(C)c2)nc1C. The van der Waals surface area contributed by atoms with Crippen LogP contribution in [0.1, 0.15) is 47.5 Å². The number of benzene rings is 2. The maximum absolute atomic E-state index is 12.3. The summed E-state index contributed by atoms with van der Waals surface area (Å²) in [4.78, 5) is 27.4. The van der Waals surface area contributed by atoms with Gasteiger partial charge in [0.1, 0.15) is 11.4 Å². The third-order valence-electron chi connectivity index (χ3n) is 5.93. The van der Waals surface area contributed by atoms with Crippen molar-refractivity contribution in [3.05, 3.63) is 70.0 Å². The quantitative estimate of drug-likeness (QED) is 0.445. The van der Waals surface area contributed by atoms with Crippen molar-refractivity contribution in [1.82, 2.24) is 25.2 Å². The Morgan fingerprint density at radius 3 is 2.31 bits per heavy atom. The van der Waals surface area contributed by atoms with Crippen LogP contribution in [0.15, 0.2) is 36.4 Å². The number of amides is 1. The number of hydrogen-bond donors (Lipinski definition) is 2. The largest absolute Gasteiger partial charge is 0.478 e. The third kappa shape index (κ3) is 6.48. The normalized spacial score (nSPS) is 11.6. The first-order valence-electron chi connectivity index (χ1n) is 11.8. The van der Waals surface area contributed by atoms with Crippen molar-refractivity contribution in [2.24, 2.45) is 0 Å². The molecule has 0 atom stereocenters. The van der Waals surface area contributed by atoms with Crippen molar-refractivity contribution >= 4 is 11.9 Å². The molecule has 0 saturated carbocycles. The lowest BCUT2D eigenvalue weighted by Gasteiger charge is -2.25. The molecule has 0 unspecified atom stereocenters. The lowest BCUT2D eigenvalue weighted by molar-refractivity contribution is -0.152. The van der Waals surface area contributed by atoms with Crippen LogP contribution in [-0.2, 0) is 22.7 Å².